The molecule has 1 unspecified atom stereocenters. The minimum absolute atomic E-state index is 0.151. The molecule has 0 aliphatic rings. The van der Waals surface area contributed by atoms with Crippen LogP contribution in [-0.2, 0) is 0 Å². The maximum absolute atomic E-state index is 5.82. The molecular formula is C13H21BrN2. The van der Waals surface area contributed by atoms with Crippen molar-refractivity contribution in [3.05, 3.63) is 28.2 Å². The Bertz CT molecular complexity index is 355. The molecule has 0 aliphatic heterocycles. The second-order valence-electron chi connectivity index (χ2n) is 5.28. The van der Waals surface area contributed by atoms with Crippen molar-refractivity contribution in [3.63, 3.8) is 0 Å². The lowest BCUT2D eigenvalue weighted by molar-refractivity contribution is 0.346. The maximum atomic E-state index is 5.82. The zero-order valence-corrected chi connectivity index (χ0v) is 12.1. The van der Waals surface area contributed by atoms with Crippen molar-refractivity contribution in [3.8, 4) is 0 Å². The van der Waals surface area contributed by atoms with Crippen molar-refractivity contribution < 1.29 is 0 Å². The predicted octanol–water partition coefficient (Wildman–Crippen LogP) is 3.54. The van der Waals surface area contributed by atoms with Crippen molar-refractivity contribution in [1.29, 1.82) is 0 Å². The fourth-order valence-electron chi connectivity index (χ4n) is 1.57. The summed E-state index contributed by atoms with van der Waals surface area (Å²) >= 11 is 3.55. The monoisotopic (exact) mass is 284 g/mol. The van der Waals surface area contributed by atoms with Crippen LogP contribution in [0.3, 0.4) is 0 Å². The average Bonchev–Trinajstić information content (AvgIpc) is 2.17. The quantitative estimate of drug-likeness (QED) is 0.891. The summed E-state index contributed by atoms with van der Waals surface area (Å²) in [4.78, 5) is 0. The molecule has 2 nitrogen and oxygen atoms in total. The molecule has 90 valence electrons. The summed E-state index contributed by atoms with van der Waals surface area (Å²) in [7, 11) is 0. The third-order valence-electron chi connectivity index (χ3n) is 2.73. The average molecular weight is 285 g/mol. The topological polar surface area (TPSA) is 38.0 Å². The lowest BCUT2D eigenvalue weighted by Gasteiger charge is -2.31. The van der Waals surface area contributed by atoms with Crippen LogP contribution in [0.25, 0.3) is 0 Å². The first-order valence-corrected chi connectivity index (χ1v) is 6.36. The van der Waals surface area contributed by atoms with Crippen molar-refractivity contribution >= 4 is 21.6 Å². The summed E-state index contributed by atoms with van der Waals surface area (Å²) in [5.41, 5.74) is 8.33. The number of benzene rings is 1. The minimum atomic E-state index is 0.151. The van der Waals surface area contributed by atoms with Crippen LogP contribution in [0.1, 0.15) is 26.3 Å². The van der Waals surface area contributed by atoms with Crippen LogP contribution in [-0.4, -0.2) is 12.6 Å². The number of hydrogen-bond donors (Lipinski definition) is 2. The van der Waals surface area contributed by atoms with E-state index in [2.05, 4.69) is 67.1 Å². The highest BCUT2D eigenvalue weighted by Crippen LogP contribution is 2.28. The van der Waals surface area contributed by atoms with E-state index in [-0.39, 0.29) is 11.5 Å². The van der Waals surface area contributed by atoms with Crippen LogP contribution in [0.15, 0.2) is 22.7 Å². The van der Waals surface area contributed by atoms with Gasteiger partial charge in [-0.15, -0.1) is 0 Å². The minimum Gasteiger partial charge on any atom is -0.380 e. The molecule has 0 amide bonds. The summed E-state index contributed by atoms with van der Waals surface area (Å²) in [6.07, 6.45) is 0. The smallest absolute Gasteiger partial charge is 0.0490 e. The lowest BCUT2D eigenvalue weighted by atomic mass is 9.86. The van der Waals surface area contributed by atoms with Crippen LogP contribution >= 0.6 is 15.9 Å². The molecule has 0 saturated carbocycles. The Morgan fingerprint density at radius 3 is 2.50 bits per heavy atom. The van der Waals surface area contributed by atoms with Gasteiger partial charge in [0.25, 0.3) is 0 Å². The molecule has 0 bridgehead atoms. The molecule has 0 heterocycles. The molecule has 1 rings (SSSR count). The summed E-state index contributed by atoms with van der Waals surface area (Å²) in [6.45, 7) is 9.31. The van der Waals surface area contributed by atoms with Crippen LogP contribution in [0.4, 0.5) is 5.69 Å². The normalized spacial score (nSPS) is 13.6. The first-order valence-electron chi connectivity index (χ1n) is 5.57. The molecule has 0 fully saturated rings. The van der Waals surface area contributed by atoms with Gasteiger partial charge in [0.15, 0.2) is 0 Å². The molecule has 0 radical (unpaired) electrons. The van der Waals surface area contributed by atoms with Crippen molar-refractivity contribution in [1.82, 2.24) is 0 Å². The first kappa shape index (κ1) is 13.5. The molecule has 3 N–H and O–H groups in total. The van der Waals surface area contributed by atoms with Crippen LogP contribution < -0.4 is 11.1 Å². The van der Waals surface area contributed by atoms with Gasteiger partial charge in [0.1, 0.15) is 0 Å². The zero-order chi connectivity index (χ0) is 12.3. The molecule has 1 aromatic carbocycles. The maximum Gasteiger partial charge on any atom is 0.0490 e. The molecule has 0 aliphatic carbocycles. The molecule has 3 heteroatoms. The molecule has 1 aromatic rings. The fraction of sp³-hybridized carbons (Fsp3) is 0.538. The molecule has 0 spiro atoms. The van der Waals surface area contributed by atoms with E-state index in [4.69, 9.17) is 5.73 Å². The van der Waals surface area contributed by atoms with E-state index in [1.807, 2.05) is 0 Å². The standard InChI is InChI=1S/C13H21BrN2/c1-9-5-6-10(14)11(7-9)16-12(8-15)13(2,3)4/h5-7,12,16H,8,15H2,1-4H3. The summed E-state index contributed by atoms with van der Waals surface area (Å²) in [6, 6.07) is 6.56. The molecule has 0 aromatic heterocycles. The number of hydrogen-bond acceptors (Lipinski definition) is 2. The van der Waals surface area contributed by atoms with Crippen LogP contribution in [0, 0.1) is 12.3 Å². The molecule has 0 saturated heterocycles. The van der Waals surface area contributed by atoms with E-state index >= 15 is 0 Å². The van der Waals surface area contributed by atoms with Crippen molar-refractivity contribution in [2.75, 3.05) is 11.9 Å². The molecular weight excluding hydrogens is 264 g/mol. The third kappa shape index (κ3) is 3.49. The van der Waals surface area contributed by atoms with E-state index in [0.717, 1.165) is 10.2 Å². The van der Waals surface area contributed by atoms with E-state index in [0.29, 0.717) is 6.54 Å². The highest BCUT2D eigenvalue weighted by atomic mass is 79.9. The van der Waals surface area contributed by atoms with Gasteiger partial charge in [0.2, 0.25) is 0 Å². The van der Waals surface area contributed by atoms with E-state index in [1.54, 1.807) is 0 Å². The number of aryl methyl sites for hydroxylation is 1. The van der Waals surface area contributed by atoms with Crippen LogP contribution in [0.2, 0.25) is 0 Å². The second kappa shape index (κ2) is 5.19. The van der Waals surface area contributed by atoms with Gasteiger partial charge >= 0.3 is 0 Å². The second-order valence-corrected chi connectivity index (χ2v) is 6.14. The predicted molar refractivity (Wildman–Crippen MR) is 74.8 cm³/mol. The van der Waals surface area contributed by atoms with Crippen LogP contribution in [0.5, 0.6) is 0 Å². The van der Waals surface area contributed by atoms with Gasteiger partial charge in [-0.25, -0.2) is 0 Å². The Kier molecular flexibility index (Phi) is 4.39. The lowest BCUT2D eigenvalue weighted by Crippen LogP contribution is -2.40. The van der Waals surface area contributed by atoms with E-state index < -0.39 is 0 Å². The third-order valence-corrected chi connectivity index (χ3v) is 3.42. The van der Waals surface area contributed by atoms with Crippen molar-refractivity contribution in [2.45, 2.75) is 33.7 Å². The number of halogens is 1. The van der Waals surface area contributed by atoms with Gasteiger partial charge in [-0.05, 0) is 46.0 Å². The van der Waals surface area contributed by atoms with Gasteiger partial charge in [-0.3, -0.25) is 0 Å². The summed E-state index contributed by atoms with van der Waals surface area (Å²) in [5, 5.41) is 3.51. The largest absolute Gasteiger partial charge is 0.380 e. The number of nitrogens with one attached hydrogen (secondary N) is 1. The van der Waals surface area contributed by atoms with E-state index in [9.17, 15) is 0 Å². The Labute approximate surface area is 107 Å². The Morgan fingerprint density at radius 1 is 1.38 bits per heavy atom. The molecule has 1 atom stereocenters. The number of nitrogens with two attached hydrogens (primary N) is 1. The first-order chi connectivity index (χ1) is 7.34. The summed E-state index contributed by atoms with van der Waals surface area (Å²) < 4.78 is 1.08. The zero-order valence-electron chi connectivity index (χ0n) is 10.5. The van der Waals surface area contributed by atoms with Gasteiger partial charge in [0.05, 0.1) is 0 Å². The highest BCUT2D eigenvalue weighted by Gasteiger charge is 2.23. The van der Waals surface area contributed by atoms with Gasteiger partial charge in [-0.1, -0.05) is 26.8 Å². The SMILES string of the molecule is Cc1ccc(Br)c(NC(CN)C(C)(C)C)c1. The number of rotatable bonds is 3. The van der Waals surface area contributed by atoms with Crippen molar-refractivity contribution in [2.24, 2.45) is 11.1 Å². The Morgan fingerprint density at radius 2 is 2.00 bits per heavy atom. The highest BCUT2D eigenvalue weighted by molar-refractivity contribution is 9.10. The fourth-order valence-corrected chi connectivity index (χ4v) is 1.93. The Balaban J connectivity index is 2.90. The van der Waals surface area contributed by atoms with Gasteiger partial charge in [0, 0.05) is 22.7 Å². The van der Waals surface area contributed by atoms with Gasteiger partial charge < -0.3 is 11.1 Å². The van der Waals surface area contributed by atoms with Gasteiger partial charge in [-0.2, -0.15) is 0 Å². The Hall–Kier alpha value is -0.540. The number of anilines is 1. The summed E-state index contributed by atoms with van der Waals surface area (Å²) in [5.74, 6) is 0. The van der Waals surface area contributed by atoms with E-state index in [1.165, 1.54) is 5.56 Å². The molecule has 16 heavy (non-hydrogen) atoms.